The molecule has 2 aromatic rings. The largest absolute Gasteiger partial charge is 0.325 e. The average Bonchev–Trinajstić information content (AvgIpc) is 2.87. The highest BCUT2D eigenvalue weighted by molar-refractivity contribution is 8.01. The molecule has 0 atom stereocenters. The van der Waals surface area contributed by atoms with Gasteiger partial charge in [0.2, 0.25) is 5.13 Å². The van der Waals surface area contributed by atoms with Crippen LogP contribution in [-0.4, -0.2) is 22.0 Å². The van der Waals surface area contributed by atoms with Crippen molar-refractivity contribution in [2.45, 2.75) is 24.1 Å². The summed E-state index contributed by atoms with van der Waals surface area (Å²) in [7, 11) is 0. The number of rotatable bonds is 6. The van der Waals surface area contributed by atoms with Crippen molar-refractivity contribution in [3.05, 3.63) is 30.3 Å². The standard InChI is InChI=1S/C13H16N4OS2/c1-2-3-9-19-13-17-16-12(20-13)15-11(18)14-10-7-5-4-6-8-10/h4-8H,2-3,9H2,1H3,(H2,14,15,16,18). The van der Waals surface area contributed by atoms with Crippen molar-refractivity contribution >= 4 is 39.9 Å². The molecule has 2 N–H and O–H groups in total. The number of aromatic nitrogens is 2. The molecule has 1 aromatic heterocycles. The van der Waals surface area contributed by atoms with Crippen LogP contribution in [0, 0.1) is 0 Å². The second kappa shape index (κ2) is 7.86. The van der Waals surface area contributed by atoms with Gasteiger partial charge in [-0.15, -0.1) is 10.2 Å². The lowest BCUT2D eigenvalue weighted by Crippen LogP contribution is -2.19. The van der Waals surface area contributed by atoms with Gasteiger partial charge in [-0.25, -0.2) is 4.79 Å². The first kappa shape index (κ1) is 14.8. The molecule has 20 heavy (non-hydrogen) atoms. The molecule has 1 aromatic carbocycles. The molecule has 1 heterocycles. The Bertz CT molecular complexity index is 544. The summed E-state index contributed by atoms with van der Waals surface area (Å²) in [6.07, 6.45) is 2.32. The fourth-order valence-corrected chi connectivity index (χ4v) is 3.30. The molecule has 0 fully saturated rings. The Kier molecular flexibility index (Phi) is 5.82. The van der Waals surface area contributed by atoms with E-state index in [0.29, 0.717) is 5.13 Å². The lowest BCUT2D eigenvalue weighted by atomic mass is 10.3. The number of nitrogens with zero attached hydrogens (tertiary/aromatic N) is 2. The molecule has 0 aliphatic rings. The summed E-state index contributed by atoms with van der Waals surface area (Å²) in [6, 6.07) is 8.97. The van der Waals surface area contributed by atoms with E-state index in [0.717, 1.165) is 28.6 Å². The molecule has 5 nitrogen and oxygen atoms in total. The molecule has 0 saturated heterocycles. The first-order chi connectivity index (χ1) is 9.78. The Hall–Kier alpha value is -1.60. The van der Waals surface area contributed by atoms with Crippen molar-refractivity contribution in [1.29, 1.82) is 0 Å². The van der Waals surface area contributed by atoms with Crippen molar-refractivity contribution in [2.75, 3.05) is 16.4 Å². The number of para-hydroxylation sites is 1. The maximum absolute atomic E-state index is 11.8. The number of benzene rings is 1. The summed E-state index contributed by atoms with van der Waals surface area (Å²) >= 11 is 3.06. The van der Waals surface area contributed by atoms with E-state index in [9.17, 15) is 4.79 Å². The molecular formula is C13H16N4OS2. The van der Waals surface area contributed by atoms with Crippen molar-refractivity contribution in [3.8, 4) is 0 Å². The third kappa shape index (κ3) is 4.82. The van der Waals surface area contributed by atoms with Gasteiger partial charge in [0.15, 0.2) is 4.34 Å². The number of carbonyl (C=O) groups is 1. The molecule has 0 unspecified atom stereocenters. The fourth-order valence-electron chi connectivity index (χ4n) is 1.40. The van der Waals surface area contributed by atoms with Crippen molar-refractivity contribution in [3.63, 3.8) is 0 Å². The number of carbonyl (C=O) groups excluding carboxylic acids is 1. The number of hydrogen-bond donors (Lipinski definition) is 2. The van der Waals surface area contributed by atoms with Crippen molar-refractivity contribution < 1.29 is 4.79 Å². The Morgan fingerprint density at radius 3 is 2.80 bits per heavy atom. The topological polar surface area (TPSA) is 66.9 Å². The van der Waals surface area contributed by atoms with Crippen LogP contribution < -0.4 is 10.6 Å². The zero-order chi connectivity index (χ0) is 14.2. The minimum Gasteiger partial charge on any atom is -0.308 e. The minimum absolute atomic E-state index is 0.308. The fraction of sp³-hybridized carbons (Fsp3) is 0.308. The van der Waals surface area contributed by atoms with Gasteiger partial charge in [-0.1, -0.05) is 54.6 Å². The molecule has 0 spiro atoms. The Labute approximate surface area is 126 Å². The Balaban J connectivity index is 1.82. The lowest BCUT2D eigenvalue weighted by Gasteiger charge is -2.03. The van der Waals surface area contributed by atoms with E-state index in [1.807, 2.05) is 30.3 Å². The molecule has 0 radical (unpaired) electrons. The van der Waals surface area contributed by atoms with Crippen LogP contribution in [0.2, 0.25) is 0 Å². The zero-order valence-electron chi connectivity index (χ0n) is 11.1. The van der Waals surface area contributed by atoms with Crippen LogP contribution >= 0.6 is 23.1 Å². The normalized spacial score (nSPS) is 10.2. The van der Waals surface area contributed by atoms with Crippen LogP contribution in [0.5, 0.6) is 0 Å². The number of hydrogen-bond acceptors (Lipinski definition) is 5. The van der Waals surface area contributed by atoms with Gasteiger partial charge in [0.25, 0.3) is 0 Å². The van der Waals surface area contributed by atoms with E-state index in [4.69, 9.17) is 0 Å². The van der Waals surface area contributed by atoms with Crippen LogP contribution in [0.15, 0.2) is 34.7 Å². The summed E-state index contributed by atoms with van der Waals surface area (Å²) in [5.41, 5.74) is 0.743. The summed E-state index contributed by atoms with van der Waals surface area (Å²) in [5.74, 6) is 1.03. The van der Waals surface area contributed by atoms with Gasteiger partial charge in [0, 0.05) is 11.4 Å². The van der Waals surface area contributed by atoms with Crippen LogP contribution in [0.1, 0.15) is 19.8 Å². The highest BCUT2D eigenvalue weighted by Crippen LogP contribution is 2.26. The SMILES string of the molecule is CCCCSc1nnc(NC(=O)Nc2ccccc2)s1. The summed E-state index contributed by atoms with van der Waals surface area (Å²) in [4.78, 5) is 11.8. The summed E-state index contributed by atoms with van der Waals surface area (Å²) in [6.45, 7) is 2.15. The minimum atomic E-state index is -0.308. The van der Waals surface area contributed by atoms with Gasteiger partial charge in [0.05, 0.1) is 0 Å². The lowest BCUT2D eigenvalue weighted by molar-refractivity contribution is 0.262. The number of thioether (sulfide) groups is 1. The van der Waals surface area contributed by atoms with Crippen LogP contribution in [0.4, 0.5) is 15.6 Å². The maximum Gasteiger partial charge on any atom is 0.325 e. The van der Waals surface area contributed by atoms with Gasteiger partial charge in [-0.2, -0.15) is 0 Å². The van der Waals surface area contributed by atoms with Crippen molar-refractivity contribution in [1.82, 2.24) is 10.2 Å². The van der Waals surface area contributed by atoms with E-state index in [-0.39, 0.29) is 6.03 Å². The Morgan fingerprint density at radius 1 is 1.25 bits per heavy atom. The third-order valence-corrected chi connectivity index (χ3v) is 4.44. The number of urea groups is 1. The van der Waals surface area contributed by atoms with E-state index >= 15 is 0 Å². The highest BCUT2D eigenvalue weighted by atomic mass is 32.2. The number of unbranched alkanes of at least 4 members (excludes halogenated alkanes) is 1. The van der Waals surface area contributed by atoms with Gasteiger partial charge < -0.3 is 5.32 Å². The smallest absolute Gasteiger partial charge is 0.308 e. The first-order valence-electron chi connectivity index (χ1n) is 6.37. The van der Waals surface area contributed by atoms with Crippen LogP contribution in [-0.2, 0) is 0 Å². The molecule has 2 amide bonds. The molecule has 0 aliphatic heterocycles. The molecule has 0 aliphatic carbocycles. The molecule has 0 saturated carbocycles. The Morgan fingerprint density at radius 2 is 2.05 bits per heavy atom. The second-order valence-electron chi connectivity index (χ2n) is 4.02. The van der Waals surface area contributed by atoms with E-state index in [1.165, 1.54) is 11.3 Å². The molecular weight excluding hydrogens is 292 g/mol. The number of nitrogens with one attached hydrogen (secondary N) is 2. The predicted molar refractivity (Wildman–Crippen MR) is 84.6 cm³/mol. The molecule has 2 rings (SSSR count). The monoisotopic (exact) mass is 308 g/mol. The van der Waals surface area contributed by atoms with Gasteiger partial charge in [-0.3, -0.25) is 5.32 Å². The quantitative estimate of drug-likeness (QED) is 0.479. The van der Waals surface area contributed by atoms with Crippen LogP contribution in [0.25, 0.3) is 0 Å². The van der Waals surface area contributed by atoms with E-state index in [2.05, 4.69) is 27.8 Å². The second-order valence-corrected chi connectivity index (χ2v) is 6.34. The molecule has 0 bridgehead atoms. The van der Waals surface area contributed by atoms with Crippen LogP contribution in [0.3, 0.4) is 0 Å². The number of anilines is 2. The zero-order valence-corrected chi connectivity index (χ0v) is 12.8. The summed E-state index contributed by atoms with van der Waals surface area (Å²) in [5, 5.41) is 13.9. The average molecular weight is 308 g/mol. The third-order valence-electron chi connectivity index (χ3n) is 2.38. The van der Waals surface area contributed by atoms with E-state index < -0.39 is 0 Å². The summed E-state index contributed by atoms with van der Waals surface area (Å²) < 4.78 is 0.883. The van der Waals surface area contributed by atoms with Crippen molar-refractivity contribution in [2.24, 2.45) is 0 Å². The predicted octanol–water partition coefficient (Wildman–Crippen LogP) is 4.07. The molecule has 106 valence electrons. The maximum atomic E-state index is 11.8. The molecule has 7 heteroatoms. The first-order valence-corrected chi connectivity index (χ1v) is 8.17. The van der Waals surface area contributed by atoms with Gasteiger partial charge >= 0.3 is 6.03 Å². The highest BCUT2D eigenvalue weighted by Gasteiger charge is 2.08. The number of amides is 2. The van der Waals surface area contributed by atoms with E-state index in [1.54, 1.807) is 11.8 Å². The van der Waals surface area contributed by atoms with Gasteiger partial charge in [-0.05, 0) is 18.6 Å². The van der Waals surface area contributed by atoms with Gasteiger partial charge in [0.1, 0.15) is 0 Å².